The van der Waals surface area contributed by atoms with Gasteiger partial charge in [0.25, 0.3) is 0 Å². The summed E-state index contributed by atoms with van der Waals surface area (Å²) in [6.07, 6.45) is 1.02. The molecule has 112 valence electrons. The Morgan fingerprint density at radius 3 is 2.45 bits per heavy atom. The summed E-state index contributed by atoms with van der Waals surface area (Å²) in [5.41, 5.74) is 0.612. The maximum absolute atomic E-state index is 12.7. The Morgan fingerprint density at radius 2 is 1.85 bits per heavy atom. The Morgan fingerprint density at radius 1 is 1.20 bits per heavy atom. The van der Waals surface area contributed by atoms with E-state index in [0.717, 1.165) is 32.6 Å². The molecule has 0 saturated heterocycles. The highest BCUT2D eigenvalue weighted by atomic mass is 19.1. The number of carbonyl (C=O) groups is 1. The van der Waals surface area contributed by atoms with E-state index in [2.05, 4.69) is 29.4 Å². The summed E-state index contributed by atoms with van der Waals surface area (Å²) < 4.78 is 12.7. The van der Waals surface area contributed by atoms with Gasteiger partial charge < -0.3 is 15.5 Å². The van der Waals surface area contributed by atoms with Gasteiger partial charge in [0.2, 0.25) is 5.91 Å². The van der Waals surface area contributed by atoms with Crippen LogP contribution >= 0.6 is 0 Å². The van der Waals surface area contributed by atoms with Gasteiger partial charge >= 0.3 is 0 Å². The van der Waals surface area contributed by atoms with Crippen LogP contribution in [0, 0.1) is 5.82 Å². The summed E-state index contributed by atoms with van der Waals surface area (Å²) in [6, 6.07) is 5.75. The Balaban J connectivity index is 2.13. The van der Waals surface area contributed by atoms with Crippen molar-refractivity contribution < 1.29 is 9.18 Å². The third-order valence-electron chi connectivity index (χ3n) is 3.14. The van der Waals surface area contributed by atoms with Crippen molar-refractivity contribution in [2.45, 2.75) is 20.3 Å². The summed E-state index contributed by atoms with van der Waals surface area (Å²) in [6.45, 7) is 8.53. The van der Waals surface area contributed by atoms with Crippen molar-refractivity contribution in [1.82, 2.24) is 10.2 Å². The van der Waals surface area contributed by atoms with Crippen LogP contribution in [-0.4, -0.2) is 43.5 Å². The van der Waals surface area contributed by atoms with Crippen molar-refractivity contribution in [3.8, 4) is 0 Å². The molecule has 0 saturated carbocycles. The van der Waals surface area contributed by atoms with Crippen molar-refractivity contribution >= 4 is 11.6 Å². The van der Waals surface area contributed by atoms with Gasteiger partial charge in [0.05, 0.1) is 6.54 Å². The molecule has 0 spiro atoms. The minimum absolute atomic E-state index is 0.112. The molecule has 1 aromatic rings. The molecule has 2 N–H and O–H groups in total. The fourth-order valence-electron chi connectivity index (χ4n) is 1.91. The first-order valence-corrected chi connectivity index (χ1v) is 7.14. The summed E-state index contributed by atoms with van der Waals surface area (Å²) in [5, 5.41) is 5.82. The maximum atomic E-state index is 12.7. The quantitative estimate of drug-likeness (QED) is 0.681. The highest BCUT2D eigenvalue weighted by Crippen LogP contribution is 2.07. The predicted octanol–water partition coefficient (Wildman–Crippen LogP) is 2.09. The molecule has 0 unspecified atom stereocenters. The van der Waals surface area contributed by atoms with Crippen LogP contribution in [0.4, 0.5) is 10.1 Å². The molecule has 0 radical (unpaired) electrons. The predicted molar refractivity (Wildman–Crippen MR) is 80.3 cm³/mol. The van der Waals surface area contributed by atoms with E-state index in [4.69, 9.17) is 0 Å². The summed E-state index contributed by atoms with van der Waals surface area (Å²) >= 11 is 0. The zero-order valence-corrected chi connectivity index (χ0v) is 12.3. The Kier molecular flexibility index (Phi) is 7.84. The third kappa shape index (κ3) is 6.63. The van der Waals surface area contributed by atoms with Gasteiger partial charge in [-0.1, -0.05) is 13.8 Å². The second kappa shape index (κ2) is 9.44. The van der Waals surface area contributed by atoms with Gasteiger partial charge in [0.15, 0.2) is 0 Å². The molecule has 0 aliphatic rings. The number of rotatable bonds is 9. The van der Waals surface area contributed by atoms with Crippen LogP contribution in [-0.2, 0) is 4.79 Å². The Bertz CT molecular complexity index is 391. The molecular weight excluding hydrogens is 257 g/mol. The zero-order valence-electron chi connectivity index (χ0n) is 12.3. The second-order valence-corrected chi connectivity index (χ2v) is 4.61. The fraction of sp³-hybridized carbons (Fsp3) is 0.533. The molecule has 0 aliphatic heterocycles. The number of anilines is 1. The van der Waals surface area contributed by atoms with Gasteiger partial charge in [0.1, 0.15) is 5.82 Å². The van der Waals surface area contributed by atoms with Gasteiger partial charge in [0, 0.05) is 5.69 Å². The normalized spacial score (nSPS) is 10.8. The lowest BCUT2D eigenvalue weighted by Gasteiger charge is -2.17. The van der Waals surface area contributed by atoms with Crippen LogP contribution < -0.4 is 10.6 Å². The molecule has 0 aromatic heterocycles. The molecule has 0 fully saturated rings. The van der Waals surface area contributed by atoms with Gasteiger partial charge in [-0.3, -0.25) is 4.79 Å². The lowest BCUT2D eigenvalue weighted by atomic mass is 10.3. The number of nitrogens with zero attached hydrogens (tertiary/aromatic N) is 1. The van der Waals surface area contributed by atoms with Crippen LogP contribution in [0.5, 0.6) is 0 Å². The average Bonchev–Trinajstić information content (AvgIpc) is 2.45. The smallest absolute Gasteiger partial charge is 0.238 e. The van der Waals surface area contributed by atoms with Crippen LogP contribution in [0.2, 0.25) is 0 Å². The molecule has 5 heteroatoms. The maximum Gasteiger partial charge on any atom is 0.238 e. The molecule has 1 amide bonds. The molecule has 0 aliphatic carbocycles. The topological polar surface area (TPSA) is 44.4 Å². The molecule has 20 heavy (non-hydrogen) atoms. The van der Waals surface area contributed by atoms with Crippen molar-refractivity contribution in [1.29, 1.82) is 0 Å². The van der Waals surface area contributed by atoms with Crippen molar-refractivity contribution in [2.75, 3.05) is 38.0 Å². The SMILES string of the molecule is CCN(CC)CCCNCC(=O)Nc1ccc(F)cc1. The molecule has 0 bridgehead atoms. The molecule has 0 atom stereocenters. The van der Waals surface area contributed by atoms with E-state index in [1.807, 2.05) is 0 Å². The summed E-state index contributed by atoms with van der Waals surface area (Å²) in [7, 11) is 0. The lowest BCUT2D eigenvalue weighted by molar-refractivity contribution is -0.115. The monoisotopic (exact) mass is 281 g/mol. The van der Waals surface area contributed by atoms with Crippen LogP contribution in [0.1, 0.15) is 20.3 Å². The van der Waals surface area contributed by atoms with Gasteiger partial charge in [-0.15, -0.1) is 0 Å². The van der Waals surface area contributed by atoms with Crippen LogP contribution in [0.15, 0.2) is 24.3 Å². The van der Waals surface area contributed by atoms with Gasteiger partial charge in [-0.05, 0) is 56.9 Å². The van der Waals surface area contributed by atoms with E-state index in [9.17, 15) is 9.18 Å². The van der Waals surface area contributed by atoms with E-state index in [1.54, 1.807) is 12.1 Å². The van der Waals surface area contributed by atoms with Gasteiger partial charge in [-0.25, -0.2) is 4.39 Å². The number of halogens is 1. The van der Waals surface area contributed by atoms with Crippen molar-refractivity contribution in [2.24, 2.45) is 0 Å². The average molecular weight is 281 g/mol. The summed E-state index contributed by atoms with van der Waals surface area (Å²) in [5.74, 6) is -0.419. The zero-order chi connectivity index (χ0) is 14.8. The first-order valence-electron chi connectivity index (χ1n) is 7.14. The third-order valence-corrected chi connectivity index (χ3v) is 3.14. The Hall–Kier alpha value is -1.46. The van der Waals surface area contributed by atoms with E-state index in [1.165, 1.54) is 12.1 Å². The number of benzene rings is 1. The van der Waals surface area contributed by atoms with Crippen LogP contribution in [0.3, 0.4) is 0 Å². The van der Waals surface area contributed by atoms with E-state index < -0.39 is 0 Å². The number of hydrogen-bond donors (Lipinski definition) is 2. The largest absolute Gasteiger partial charge is 0.325 e. The van der Waals surface area contributed by atoms with Crippen molar-refractivity contribution in [3.63, 3.8) is 0 Å². The van der Waals surface area contributed by atoms with Gasteiger partial charge in [-0.2, -0.15) is 0 Å². The Labute approximate surface area is 120 Å². The summed E-state index contributed by atoms with van der Waals surface area (Å²) in [4.78, 5) is 14.0. The lowest BCUT2D eigenvalue weighted by Crippen LogP contribution is -2.31. The second-order valence-electron chi connectivity index (χ2n) is 4.61. The first kappa shape index (κ1) is 16.6. The van der Waals surface area contributed by atoms with E-state index in [0.29, 0.717) is 5.69 Å². The molecule has 1 aromatic carbocycles. The molecular formula is C15H24FN3O. The highest BCUT2D eigenvalue weighted by Gasteiger charge is 2.02. The van der Waals surface area contributed by atoms with E-state index in [-0.39, 0.29) is 18.3 Å². The fourth-order valence-corrected chi connectivity index (χ4v) is 1.91. The molecule has 1 rings (SSSR count). The number of hydrogen-bond acceptors (Lipinski definition) is 3. The highest BCUT2D eigenvalue weighted by molar-refractivity contribution is 5.92. The standard InChI is InChI=1S/C15H24FN3O/c1-3-19(4-2)11-5-10-17-12-15(20)18-14-8-6-13(16)7-9-14/h6-9,17H,3-5,10-12H2,1-2H3,(H,18,20). The molecule has 0 heterocycles. The number of amides is 1. The van der Waals surface area contributed by atoms with E-state index >= 15 is 0 Å². The molecule has 4 nitrogen and oxygen atoms in total. The van der Waals surface area contributed by atoms with Crippen LogP contribution in [0.25, 0.3) is 0 Å². The minimum atomic E-state index is -0.308. The minimum Gasteiger partial charge on any atom is -0.325 e. The number of nitrogens with one attached hydrogen (secondary N) is 2. The number of carbonyl (C=O) groups excluding carboxylic acids is 1. The van der Waals surface area contributed by atoms with Crippen molar-refractivity contribution in [3.05, 3.63) is 30.1 Å². The first-order chi connectivity index (χ1) is 9.65.